The highest BCUT2D eigenvalue weighted by Crippen LogP contribution is 2.36. The normalized spacial score (nSPS) is 19.1. The minimum Gasteiger partial charge on any atom is -0.453 e. The molecule has 3 fully saturated rings. The molecule has 4 atom stereocenters. The smallest absolute Gasteiger partial charge is 0.407 e. The molecule has 5 aromatic rings. The van der Waals surface area contributed by atoms with E-state index in [1.54, 1.807) is 29.6 Å². The number of ether oxygens (including phenoxy) is 3. The summed E-state index contributed by atoms with van der Waals surface area (Å²) in [6.07, 6.45) is 8.15. The van der Waals surface area contributed by atoms with Gasteiger partial charge in [-0.25, -0.2) is 23.9 Å². The first-order valence-electron chi connectivity index (χ1n) is 21.2. The lowest BCUT2D eigenvalue weighted by Crippen LogP contribution is -2.53. The quantitative estimate of drug-likeness (QED) is 0.111. The molecule has 4 N–H and O–H groups in total. The van der Waals surface area contributed by atoms with E-state index >= 15 is 4.39 Å². The number of amides is 4. The van der Waals surface area contributed by atoms with Gasteiger partial charge in [0.25, 0.3) is 0 Å². The predicted octanol–water partition coefficient (Wildman–Crippen LogP) is 6.68. The average molecular weight is 850 g/mol. The van der Waals surface area contributed by atoms with Crippen LogP contribution in [0.2, 0.25) is 0 Å². The van der Waals surface area contributed by atoms with Gasteiger partial charge in [-0.15, -0.1) is 0 Å². The van der Waals surface area contributed by atoms with Gasteiger partial charge < -0.3 is 44.6 Å². The van der Waals surface area contributed by atoms with Gasteiger partial charge in [0.1, 0.15) is 29.5 Å². The van der Waals surface area contributed by atoms with Crippen LogP contribution in [0.4, 0.5) is 14.0 Å². The van der Waals surface area contributed by atoms with Gasteiger partial charge in [-0.2, -0.15) is 0 Å². The molecule has 0 spiro atoms. The van der Waals surface area contributed by atoms with E-state index in [9.17, 15) is 19.2 Å². The molecule has 0 saturated carbocycles. The van der Waals surface area contributed by atoms with E-state index in [1.807, 2.05) is 49.1 Å². The number of benzene rings is 2. The van der Waals surface area contributed by atoms with Gasteiger partial charge in [-0.3, -0.25) is 14.6 Å². The lowest BCUT2D eigenvalue weighted by Gasteiger charge is -2.34. The Morgan fingerprint density at radius 2 is 1.37 bits per heavy atom. The molecule has 2 aromatic carbocycles. The van der Waals surface area contributed by atoms with Crippen molar-refractivity contribution in [2.45, 2.75) is 76.5 Å². The van der Waals surface area contributed by atoms with E-state index < -0.39 is 30.1 Å². The van der Waals surface area contributed by atoms with Gasteiger partial charge in [0.2, 0.25) is 11.8 Å². The number of aromatic amines is 2. The van der Waals surface area contributed by atoms with E-state index in [0.717, 1.165) is 41.3 Å². The first kappa shape index (κ1) is 42.3. The molecule has 17 heteroatoms. The van der Waals surface area contributed by atoms with Crippen molar-refractivity contribution in [2.24, 2.45) is 11.8 Å². The minimum absolute atomic E-state index is 0.0528. The third kappa shape index (κ3) is 8.71. The highest BCUT2D eigenvalue weighted by atomic mass is 19.1. The third-order valence-electron chi connectivity index (χ3n) is 12.3. The van der Waals surface area contributed by atoms with Crippen molar-refractivity contribution in [2.75, 3.05) is 40.5 Å². The Kier molecular flexibility index (Phi) is 12.5. The van der Waals surface area contributed by atoms with E-state index in [4.69, 9.17) is 24.2 Å². The molecule has 0 aliphatic carbocycles. The third-order valence-corrected chi connectivity index (χ3v) is 12.3. The molecule has 4 amide bonds. The van der Waals surface area contributed by atoms with Crippen LogP contribution in [0, 0.1) is 17.7 Å². The number of carbonyl (C=O) groups is 4. The zero-order chi connectivity index (χ0) is 43.5. The topological polar surface area (TPSA) is 197 Å². The zero-order valence-electron chi connectivity index (χ0n) is 35.3. The van der Waals surface area contributed by atoms with Gasteiger partial charge >= 0.3 is 12.2 Å². The van der Waals surface area contributed by atoms with Crippen LogP contribution < -0.4 is 10.6 Å². The molecular weight excluding hydrogens is 798 g/mol. The monoisotopic (exact) mass is 849 g/mol. The number of H-pyrrole nitrogens is 2. The molecule has 0 bridgehead atoms. The second-order valence-corrected chi connectivity index (χ2v) is 16.5. The van der Waals surface area contributed by atoms with Crippen LogP contribution >= 0.6 is 0 Å². The summed E-state index contributed by atoms with van der Waals surface area (Å²) in [6, 6.07) is 10.8. The first-order valence-corrected chi connectivity index (χ1v) is 21.2. The second-order valence-electron chi connectivity index (χ2n) is 16.5. The summed E-state index contributed by atoms with van der Waals surface area (Å²) in [6.45, 7) is 5.87. The summed E-state index contributed by atoms with van der Waals surface area (Å²) < 4.78 is 31.0. The molecule has 3 aliphatic rings. The first-order chi connectivity index (χ1) is 30.0. The lowest BCUT2D eigenvalue weighted by atomic mass is 9.90. The van der Waals surface area contributed by atoms with Gasteiger partial charge in [0.05, 0.1) is 55.8 Å². The molecule has 4 unspecified atom stereocenters. The van der Waals surface area contributed by atoms with Crippen LogP contribution in [0.5, 0.6) is 0 Å². The molecule has 3 aromatic heterocycles. The number of hydrogen-bond donors (Lipinski definition) is 4. The summed E-state index contributed by atoms with van der Waals surface area (Å²) in [5.74, 6) is 0.205. The molecule has 8 rings (SSSR count). The summed E-state index contributed by atoms with van der Waals surface area (Å²) in [5.41, 5.74) is 3.72. The van der Waals surface area contributed by atoms with Gasteiger partial charge in [-0.05, 0) is 80.0 Å². The highest BCUT2D eigenvalue weighted by molar-refractivity contribution is 5.90. The van der Waals surface area contributed by atoms with E-state index in [0.29, 0.717) is 79.7 Å². The summed E-state index contributed by atoms with van der Waals surface area (Å²) in [4.78, 5) is 76.0. The number of pyridine rings is 1. The van der Waals surface area contributed by atoms with Gasteiger partial charge in [0.15, 0.2) is 0 Å². The van der Waals surface area contributed by atoms with Crippen LogP contribution in [0.15, 0.2) is 61.1 Å². The second kappa shape index (κ2) is 18.3. The van der Waals surface area contributed by atoms with Crippen LogP contribution in [0.3, 0.4) is 0 Å². The van der Waals surface area contributed by atoms with Crippen molar-refractivity contribution in [3.8, 4) is 33.8 Å². The molecular formula is C45H52FN9O7. The summed E-state index contributed by atoms with van der Waals surface area (Å²) >= 11 is 0. The number of halogens is 1. The minimum atomic E-state index is -0.757. The van der Waals surface area contributed by atoms with Crippen molar-refractivity contribution in [1.82, 2.24) is 45.4 Å². The fourth-order valence-electron chi connectivity index (χ4n) is 8.96. The number of fused-ring (bicyclic) bond motifs is 1. The van der Waals surface area contributed by atoms with Crippen molar-refractivity contribution in [3.63, 3.8) is 0 Å². The Hall–Kier alpha value is -6.36. The number of likely N-dealkylation sites (tertiary alicyclic amines) is 2. The van der Waals surface area contributed by atoms with Gasteiger partial charge in [-0.1, -0.05) is 32.0 Å². The number of imidazole rings is 2. The summed E-state index contributed by atoms with van der Waals surface area (Å²) in [5, 5.41) is 7.25. The molecule has 6 heterocycles. The Bertz CT molecular complexity index is 2450. The zero-order valence-corrected chi connectivity index (χ0v) is 35.3. The number of nitrogens with zero attached hydrogens (tertiary/aromatic N) is 5. The Morgan fingerprint density at radius 3 is 2.03 bits per heavy atom. The Balaban J connectivity index is 0.953. The molecule has 326 valence electrons. The molecule has 3 saturated heterocycles. The fraction of sp³-hybridized carbons (Fsp3) is 0.444. The number of methoxy groups -OCH3 is 2. The number of aromatic nitrogens is 5. The predicted molar refractivity (Wildman–Crippen MR) is 227 cm³/mol. The van der Waals surface area contributed by atoms with E-state index in [2.05, 4.69) is 25.6 Å². The van der Waals surface area contributed by atoms with E-state index in [-0.39, 0.29) is 35.7 Å². The number of nitrogens with one attached hydrogen (secondary N) is 4. The summed E-state index contributed by atoms with van der Waals surface area (Å²) in [7, 11) is 2.55. The van der Waals surface area contributed by atoms with Crippen molar-refractivity contribution in [1.29, 1.82) is 0 Å². The Morgan fingerprint density at radius 1 is 0.742 bits per heavy atom. The van der Waals surface area contributed by atoms with Crippen molar-refractivity contribution >= 4 is 34.8 Å². The maximum absolute atomic E-state index is 15.8. The van der Waals surface area contributed by atoms with Crippen LogP contribution in [-0.4, -0.2) is 111 Å². The molecule has 62 heavy (non-hydrogen) atoms. The van der Waals surface area contributed by atoms with Crippen LogP contribution in [0.25, 0.3) is 44.5 Å². The largest absolute Gasteiger partial charge is 0.453 e. The number of carbonyl (C=O) groups excluding carboxylic acids is 4. The number of alkyl carbamates (subject to hydrolysis) is 2. The fourth-order valence-corrected chi connectivity index (χ4v) is 8.96. The maximum Gasteiger partial charge on any atom is 0.407 e. The van der Waals surface area contributed by atoms with E-state index in [1.165, 1.54) is 20.3 Å². The standard InChI is InChI=1S/C45H52FN9O7/c1-25(2)38(52-44(58)60-3)42(56)54-15-5-8-37(54)41-49-24-35(51-41)31-12-11-29(20-32(31)46)33-21-27-9-10-28(19-30(27)22-47-33)34-23-48-40(50-34)36-7-6-16-55(36)43(57)39(53-45(59)61-4)26-13-17-62-18-14-26/h9-12,19-26,36-39H,5-8,13-18H2,1-4H3,(H,48,50)(H,49,51)(H,52,58)(H,53,59). The lowest BCUT2D eigenvalue weighted by molar-refractivity contribution is -0.137. The molecule has 16 nitrogen and oxygen atoms in total. The highest BCUT2D eigenvalue weighted by Gasteiger charge is 2.41. The van der Waals surface area contributed by atoms with Crippen LogP contribution in [0.1, 0.15) is 76.1 Å². The van der Waals surface area contributed by atoms with Gasteiger partial charge in [0, 0.05) is 54.6 Å². The van der Waals surface area contributed by atoms with Crippen LogP contribution in [-0.2, 0) is 23.8 Å². The van der Waals surface area contributed by atoms with Crippen molar-refractivity contribution in [3.05, 3.63) is 78.5 Å². The molecule has 3 aliphatic heterocycles. The Labute approximate surface area is 358 Å². The number of rotatable bonds is 11. The van der Waals surface area contributed by atoms with Crippen molar-refractivity contribution < 1.29 is 37.8 Å². The SMILES string of the molecule is COC(=O)NC(C(=O)N1CCCC1c1ncc(-c2ccc(-c3cc4ccc(-c5cnc(C6CCCN6C(=O)C(NC(=O)OC)C6CCOCC6)[nH]5)cc4cn3)cc2F)[nH]1)C(C)C. The maximum atomic E-state index is 15.8. The average Bonchev–Trinajstić information content (AvgIpc) is 4.14. The molecule has 0 radical (unpaired) electrons. The number of hydrogen-bond acceptors (Lipinski definition) is 10.